The smallest absolute Gasteiger partial charge is 0.227 e. The summed E-state index contributed by atoms with van der Waals surface area (Å²) >= 11 is 0. The molecule has 5 heteroatoms. The summed E-state index contributed by atoms with van der Waals surface area (Å²) in [5, 5.41) is 3.30. The minimum atomic E-state index is 0. The highest BCUT2D eigenvalue weighted by Gasteiger charge is 2.22. The number of aryl methyl sites for hydroxylation is 1. The number of halogens is 1. The van der Waals surface area contributed by atoms with Crippen LogP contribution in [0.3, 0.4) is 0 Å². The Labute approximate surface area is 126 Å². The molecule has 0 unspecified atom stereocenters. The minimum absolute atomic E-state index is 0. The molecule has 1 fully saturated rings. The van der Waals surface area contributed by atoms with Crippen LogP contribution in [0.4, 0.5) is 0 Å². The fourth-order valence-corrected chi connectivity index (χ4v) is 2.46. The first-order valence-corrected chi connectivity index (χ1v) is 6.75. The Morgan fingerprint density at radius 2 is 2.25 bits per heavy atom. The highest BCUT2D eigenvalue weighted by Crippen LogP contribution is 2.20. The number of nitrogens with one attached hydrogen (secondary N) is 1. The molecule has 2 rings (SSSR count). The maximum absolute atomic E-state index is 12.3. The molecule has 1 heterocycles. The number of piperazine rings is 1. The molecule has 20 heavy (non-hydrogen) atoms. The molecule has 1 aliphatic rings. The second-order valence-electron chi connectivity index (χ2n) is 5.12. The van der Waals surface area contributed by atoms with Crippen molar-refractivity contribution in [2.24, 2.45) is 0 Å². The van der Waals surface area contributed by atoms with Gasteiger partial charge >= 0.3 is 0 Å². The van der Waals surface area contributed by atoms with Crippen molar-refractivity contribution in [1.29, 1.82) is 0 Å². The topological polar surface area (TPSA) is 41.6 Å². The summed E-state index contributed by atoms with van der Waals surface area (Å²) in [6.07, 6.45) is 0.445. The lowest BCUT2D eigenvalue weighted by Gasteiger charge is -2.34. The number of methoxy groups -OCH3 is 1. The van der Waals surface area contributed by atoms with E-state index in [0.29, 0.717) is 6.42 Å². The SMILES string of the molecule is COc1cc(CC(=O)N2CCNC[C@H]2C)ccc1C.Cl. The number of amides is 1. The van der Waals surface area contributed by atoms with Crippen molar-refractivity contribution in [3.63, 3.8) is 0 Å². The van der Waals surface area contributed by atoms with Crippen LogP contribution < -0.4 is 10.1 Å². The molecule has 1 amide bonds. The lowest BCUT2D eigenvalue weighted by molar-refractivity contribution is -0.133. The van der Waals surface area contributed by atoms with Gasteiger partial charge < -0.3 is 15.0 Å². The van der Waals surface area contributed by atoms with Gasteiger partial charge in [-0.1, -0.05) is 12.1 Å². The zero-order valence-corrected chi connectivity index (χ0v) is 13.1. The monoisotopic (exact) mass is 298 g/mol. The van der Waals surface area contributed by atoms with E-state index in [9.17, 15) is 4.79 Å². The predicted molar refractivity (Wildman–Crippen MR) is 82.7 cm³/mol. The van der Waals surface area contributed by atoms with Crippen LogP contribution in [0.1, 0.15) is 18.1 Å². The van der Waals surface area contributed by atoms with Crippen LogP contribution in [-0.2, 0) is 11.2 Å². The highest BCUT2D eigenvalue weighted by molar-refractivity contribution is 5.85. The molecular formula is C15H23ClN2O2. The molecule has 1 saturated heterocycles. The summed E-state index contributed by atoms with van der Waals surface area (Å²) in [6.45, 7) is 6.64. The third kappa shape index (κ3) is 3.87. The summed E-state index contributed by atoms with van der Waals surface area (Å²) in [5.41, 5.74) is 2.10. The fourth-order valence-electron chi connectivity index (χ4n) is 2.46. The summed E-state index contributed by atoms with van der Waals surface area (Å²) < 4.78 is 5.30. The molecule has 0 aromatic heterocycles. The van der Waals surface area contributed by atoms with Crippen molar-refractivity contribution in [2.45, 2.75) is 26.3 Å². The molecule has 1 aromatic carbocycles. The van der Waals surface area contributed by atoms with Gasteiger partial charge in [0.15, 0.2) is 0 Å². The Hall–Kier alpha value is -1.26. The number of nitrogens with zero attached hydrogens (tertiary/aromatic N) is 1. The van der Waals surface area contributed by atoms with Gasteiger partial charge in [0.1, 0.15) is 5.75 Å². The van der Waals surface area contributed by atoms with Crippen LogP contribution in [0, 0.1) is 6.92 Å². The van der Waals surface area contributed by atoms with E-state index in [1.807, 2.05) is 30.0 Å². The molecule has 1 N–H and O–H groups in total. The van der Waals surface area contributed by atoms with E-state index in [1.165, 1.54) is 0 Å². The van der Waals surface area contributed by atoms with Crippen LogP contribution in [0.15, 0.2) is 18.2 Å². The van der Waals surface area contributed by atoms with Gasteiger partial charge in [-0.25, -0.2) is 0 Å². The van der Waals surface area contributed by atoms with Gasteiger partial charge in [0.2, 0.25) is 5.91 Å². The third-order valence-electron chi connectivity index (χ3n) is 3.65. The molecule has 0 aliphatic carbocycles. The number of carbonyl (C=O) groups is 1. The largest absolute Gasteiger partial charge is 0.496 e. The highest BCUT2D eigenvalue weighted by atomic mass is 35.5. The van der Waals surface area contributed by atoms with E-state index in [4.69, 9.17) is 4.74 Å². The first kappa shape index (κ1) is 16.8. The van der Waals surface area contributed by atoms with E-state index in [1.54, 1.807) is 7.11 Å². The quantitative estimate of drug-likeness (QED) is 0.925. The molecule has 1 atom stereocenters. The second kappa shape index (κ2) is 7.50. The molecule has 0 saturated carbocycles. The standard InChI is InChI=1S/C15H22N2O2.ClH/c1-11-4-5-13(8-14(11)19-3)9-15(18)17-7-6-16-10-12(17)2;/h4-5,8,12,16H,6-7,9-10H2,1-3H3;1H/t12-;/m1./s1. The average molecular weight is 299 g/mol. The van der Waals surface area contributed by atoms with Gasteiger partial charge in [0.05, 0.1) is 13.5 Å². The molecule has 1 aliphatic heterocycles. The number of ether oxygens (including phenoxy) is 1. The number of rotatable bonds is 3. The third-order valence-corrected chi connectivity index (χ3v) is 3.65. The summed E-state index contributed by atoms with van der Waals surface area (Å²) in [6, 6.07) is 6.24. The van der Waals surface area contributed by atoms with Crippen molar-refractivity contribution in [1.82, 2.24) is 10.2 Å². The van der Waals surface area contributed by atoms with E-state index >= 15 is 0 Å². The van der Waals surface area contributed by atoms with Gasteiger partial charge in [0.25, 0.3) is 0 Å². The first-order valence-electron chi connectivity index (χ1n) is 6.75. The Bertz CT molecular complexity index is 465. The van der Waals surface area contributed by atoms with Gasteiger partial charge in [-0.05, 0) is 31.0 Å². The van der Waals surface area contributed by atoms with Gasteiger partial charge in [-0.15, -0.1) is 12.4 Å². The lowest BCUT2D eigenvalue weighted by Crippen LogP contribution is -2.52. The van der Waals surface area contributed by atoms with Crippen LogP contribution in [-0.4, -0.2) is 43.6 Å². The normalized spacial score (nSPS) is 18.4. The van der Waals surface area contributed by atoms with E-state index < -0.39 is 0 Å². The van der Waals surface area contributed by atoms with Crippen molar-refractivity contribution in [2.75, 3.05) is 26.7 Å². The maximum atomic E-state index is 12.3. The van der Waals surface area contributed by atoms with Crippen molar-refractivity contribution >= 4 is 18.3 Å². The Balaban J connectivity index is 0.00000200. The van der Waals surface area contributed by atoms with E-state index in [0.717, 1.165) is 36.5 Å². The van der Waals surface area contributed by atoms with Crippen LogP contribution in [0.2, 0.25) is 0 Å². The minimum Gasteiger partial charge on any atom is -0.496 e. The number of hydrogen-bond donors (Lipinski definition) is 1. The number of hydrogen-bond acceptors (Lipinski definition) is 3. The molecule has 4 nitrogen and oxygen atoms in total. The maximum Gasteiger partial charge on any atom is 0.227 e. The molecule has 0 radical (unpaired) electrons. The van der Waals surface area contributed by atoms with E-state index in [-0.39, 0.29) is 24.4 Å². The van der Waals surface area contributed by atoms with Crippen LogP contribution in [0.5, 0.6) is 5.75 Å². The Kier molecular flexibility index (Phi) is 6.30. The molecular weight excluding hydrogens is 276 g/mol. The summed E-state index contributed by atoms with van der Waals surface area (Å²) in [5.74, 6) is 1.04. The Morgan fingerprint density at radius 3 is 2.90 bits per heavy atom. The molecule has 0 spiro atoms. The molecule has 1 aromatic rings. The van der Waals surface area contributed by atoms with Gasteiger partial charge in [-0.3, -0.25) is 4.79 Å². The zero-order chi connectivity index (χ0) is 13.8. The summed E-state index contributed by atoms with van der Waals surface area (Å²) in [4.78, 5) is 14.3. The van der Waals surface area contributed by atoms with Crippen LogP contribution in [0.25, 0.3) is 0 Å². The summed E-state index contributed by atoms with van der Waals surface area (Å²) in [7, 11) is 1.66. The molecule has 112 valence electrons. The lowest BCUT2D eigenvalue weighted by atomic mass is 10.1. The van der Waals surface area contributed by atoms with Crippen molar-refractivity contribution in [3.8, 4) is 5.75 Å². The number of benzene rings is 1. The van der Waals surface area contributed by atoms with Gasteiger partial charge in [0, 0.05) is 25.7 Å². The average Bonchev–Trinajstić information content (AvgIpc) is 2.41. The van der Waals surface area contributed by atoms with Crippen molar-refractivity contribution < 1.29 is 9.53 Å². The Morgan fingerprint density at radius 1 is 1.50 bits per heavy atom. The van der Waals surface area contributed by atoms with E-state index in [2.05, 4.69) is 12.2 Å². The van der Waals surface area contributed by atoms with Gasteiger partial charge in [-0.2, -0.15) is 0 Å². The second-order valence-corrected chi connectivity index (χ2v) is 5.12. The molecule has 0 bridgehead atoms. The van der Waals surface area contributed by atoms with Crippen LogP contribution >= 0.6 is 12.4 Å². The fraction of sp³-hybridized carbons (Fsp3) is 0.533. The zero-order valence-electron chi connectivity index (χ0n) is 12.3. The number of carbonyl (C=O) groups excluding carboxylic acids is 1. The van der Waals surface area contributed by atoms with Crippen molar-refractivity contribution in [3.05, 3.63) is 29.3 Å². The first-order chi connectivity index (χ1) is 9.11. The predicted octanol–water partition coefficient (Wildman–Crippen LogP) is 1.79.